The maximum absolute atomic E-state index is 13.1. The lowest BCUT2D eigenvalue weighted by Gasteiger charge is -2.08. The fourth-order valence-electron chi connectivity index (χ4n) is 4.00. The van der Waals surface area contributed by atoms with Crippen LogP contribution in [0.2, 0.25) is 0 Å². The molecule has 8 heteroatoms. The molecule has 2 heterocycles. The number of H-pyrrole nitrogens is 1. The fourth-order valence-corrected chi connectivity index (χ4v) is 5.52. The second-order valence-corrected chi connectivity index (χ2v) is 11.2. The van der Waals surface area contributed by atoms with E-state index in [4.69, 9.17) is 9.72 Å². The Morgan fingerprint density at radius 3 is 2.29 bits per heavy atom. The standard InChI is InChI=1S/C30H28N4O2S2/c1-18-9-13-21(14-10-18)26-27(22-15-11-19(2)12-16-22)33-30(32-26)38-20(3)28(35)34-29-31-24(17-37-29)23-7-5-6-8-25(23)36-4/h5-17,20H,1-4H3,(H,32,33)(H,31,34,35). The number of aromatic nitrogens is 3. The van der Waals surface area contributed by atoms with Crippen molar-refractivity contribution in [2.24, 2.45) is 0 Å². The van der Waals surface area contributed by atoms with Crippen molar-refractivity contribution in [2.75, 3.05) is 12.4 Å². The van der Waals surface area contributed by atoms with Gasteiger partial charge in [-0.15, -0.1) is 11.3 Å². The van der Waals surface area contributed by atoms with E-state index in [1.54, 1.807) is 7.11 Å². The molecule has 1 unspecified atom stereocenters. The Morgan fingerprint density at radius 2 is 1.61 bits per heavy atom. The first-order chi connectivity index (χ1) is 18.4. The summed E-state index contributed by atoms with van der Waals surface area (Å²) in [6.45, 7) is 6.01. The van der Waals surface area contributed by atoms with Gasteiger partial charge in [0, 0.05) is 22.1 Å². The number of carbonyl (C=O) groups excluding carboxylic acids is 1. The van der Waals surface area contributed by atoms with Crippen LogP contribution in [0.1, 0.15) is 18.1 Å². The first kappa shape index (κ1) is 25.8. The number of aryl methyl sites for hydroxylation is 2. The summed E-state index contributed by atoms with van der Waals surface area (Å²) in [6, 6.07) is 24.4. The molecule has 2 N–H and O–H groups in total. The minimum Gasteiger partial charge on any atom is -0.496 e. The van der Waals surface area contributed by atoms with Crippen LogP contribution in [-0.4, -0.2) is 33.2 Å². The second kappa shape index (κ2) is 11.2. The number of nitrogens with zero attached hydrogens (tertiary/aromatic N) is 2. The summed E-state index contributed by atoms with van der Waals surface area (Å²) in [6.07, 6.45) is 0. The maximum Gasteiger partial charge on any atom is 0.239 e. The van der Waals surface area contributed by atoms with E-state index in [0.717, 1.165) is 39.5 Å². The summed E-state index contributed by atoms with van der Waals surface area (Å²) in [5.74, 6) is 0.604. The van der Waals surface area contributed by atoms with Crippen LogP contribution in [0.25, 0.3) is 33.8 Å². The predicted octanol–water partition coefficient (Wildman–Crippen LogP) is 7.61. The molecule has 1 amide bonds. The van der Waals surface area contributed by atoms with Crippen molar-refractivity contribution in [1.82, 2.24) is 15.0 Å². The first-order valence-electron chi connectivity index (χ1n) is 12.2. The number of para-hydroxylation sites is 1. The van der Waals surface area contributed by atoms with E-state index in [1.165, 1.54) is 34.2 Å². The average Bonchev–Trinajstić information content (AvgIpc) is 3.57. The van der Waals surface area contributed by atoms with Crippen LogP contribution in [0.15, 0.2) is 83.3 Å². The van der Waals surface area contributed by atoms with Crippen molar-refractivity contribution >= 4 is 34.1 Å². The molecule has 2 aromatic heterocycles. The Labute approximate surface area is 230 Å². The molecule has 38 heavy (non-hydrogen) atoms. The third kappa shape index (κ3) is 5.66. The molecule has 1 atom stereocenters. The van der Waals surface area contributed by atoms with E-state index >= 15 is 0 Å². The van der Waals surface area contributed by atoms with Gasteiger partial charge in [0.25, 0.3) is 0 Å². The van der Waals surface area contributed by atoms with Gasteiger partial charge in [0.05, 0.1) is 29.4 Å². The van der Waals surface area contributed by atoms with Crippen molar-refractivity contribution in [2.45, 2.75) is 31.2 Å². The number of hydrogen-bond acceptors (Lipinski definition) is 6. The zero-order valence-electron chi connectivity index (χ0n) is 21.6. The monoisotopic (exact) mass is 540 g/mol. The van der Waals surface area contributed by atoms with Crippen molar-refractivity contribution in [3.05, 3.63) is 89.3 Å². The number of amides is 1. The van der Waals surface area contributed by atoms with Gasteiger partial charge < -0.3 is 15.0 Å². The molecule has 5 aromatic rings. The second-order valence-electron chi connectivity index (χ2n) is 8.99. The minimum absolute atomic E-state index is 0.138. The number of methoxy groups -OCH3 is 1. The highest BCUT2D eigenvalue weighted by molar-refractivity contribution is 8.00. The van der Waals surface area contributed by atoms with Crippen LogP contribution >= 0.6 is 23.1 Å². The summed E-state index contributed by atoms with van der Waals surface area (Å²) in [5.41, 5.74) is 7.91. The molecular weight excluding hydrogens is 512 g/mol. The number of aromatic amines is 1. The summed E-state index contributed by atoms with van der Waals surface area (Å²) < 4.78 is 5.45. The summed E-state index contributed by atoms with van der Waals surface area (Å²) in [7, 11) is 1.63. The van der Waals surface area contributed by atoms with E-state index in [1.807, 2.05) is 36.6 Å². The number of thiazole rings is 1. The number of thioether (sulfide) groups is 1. The van der Waals surface area contributed by atoms with Crippen molar-refractivity contribution in [3.63, 3.8) is 0 Å². The number of ether oxygens (including phenoxy) is 1. The Kier molecular flexibility index (Phi) is 7.62. The average molecular weight is 541 g/mol. The largest absolute Gasteiger partial charge is 0.496 e. The number of carbonyl (C=O) groups is 1. The van der Waals surface area contributed by atoms with Gasteiger partial charge in [-0.25, -0.2) is 9.97 Å². The molecule has 0 spiro atoms. The number of hydrogen-bond donors (Lipinski definition) is 2. The van der Waals surface area contributed by atoms with E-state index in [9.17, 15) is 4.79 Å². The highest BCUT2D eigenvalue weighted by atomic mass is 32.2. The molecule has 0 saturated heterocycles. The molecule has 0 aliphatic carbocycles. The van der Waals surface area contributed by atoms with Gasteiger partial charge in [-0.05, 0) is 32.9 Å². The fraction of sp³-hybridized carbons (Fsp3) is 0.167. The summed E-state index contributed by atoms with van der Waals surface area (Å²) >= 11 is 2.78. The predicted molar refractivity (Wildman–Crippen MR) is 157 cm³/mol. The van der Waals surface area contributed by atoms with E-state index in [2.05, 4.69) is 77.7 Å². The molecule has 3 aromatic carbocycles. The molecule has 0 aliphatic rings. The number of rotatable bonds is 8. The summed E-state index contributed by atoms with van der Waals surface area (Å²) in [5, 5.41) is 5.71. The lowest BCUT2D eigenvalue weighted by Crippen LogP contribution is -2.22. The number of nitrogens with one attached hydrogen (secondary N) is 2. The van der Waals surface area contributed by atoms with Crippen LogP contribution in [0.4, 0.5) is 5.13 Å². The first-order valence-corrected chi connectivity index (χ1v) is 14.0. The van der Waals surface area contributed by atoms with Crippen LogP contribution in [-0.2, 0) is 4.79 Å². The maximum atomic E-state index is 13.1. The van der Waals surface area contributed by atoms with E-state index in [0.29, 0.717) is 10.3 Å². The third-order valence-electron chi connectivity index (χ3n) is 6.12. The highest BCUT2D eigenvalue weighted by Crippen LogP contribution is 2.35. The number of anilines is 1. The van der Waals surface area contributed by atoms with Gasteiger partial charge in [-0.2, -0.15) is 0 Å². The normalized spacial score (nSPS) is 11.8. The van der Waals surface area contributed by atoms with Gasteiger partial charge in [0.1, 0.15) is 5.75 Å². The van der Waals surface area contributed by atoms with Gasteiger partial charge in [0.2, 0.25) is 5.91 Å². The zero-order valence-corrected chi connectivity index (χ0v) is 23.2. The topological polar surface area (TPSA) is 79.9 Å². The molecule has 0 radical (unpaired) electrons. The van der Waals surface area contributed by atoms with Gasteiger partial charge in [0.15, 0.2) is 10.3 Å². The summed E-state index contributed by atoms with van der Waals surface area (Å²) in [4.78, 5) is 26.0. The zero-order chi connectivity index (χ0) is 26.6. The molecule has 6 nitrogen and oxygen atoms in total. The number of benzene rings is 3. The molecule has 0 fully saturated rings. The SMILES string of the molecule is COc1ccccc1-c1csc(NC(=O)C(C)Sc2nc(-c3ccc(C)cc3)c(-c3ccc(C)cc3)[nH]2)n1. The van der Waals surface area contributed by atoms with Gasteiger partial charge in [-0.1, -0.05) is 83.6 Å². The molecule has 0 aliphatic heterocycles. The quantitative estimate of drug-likeness (QED) is 0.198. The lowest BCUT2D eigenvalue weighted by atomic mass is 10.0. The Morgan fingerprint density at radius 1 is 0.947 bits per heavy atom. The Hall–Kier alpha value is -3.88. The van der Waals surface area contributed by atoms with Crippen LogP contribution < -0.4 is 10.1 Å². The molecule has 0 bridgehead atoms. The van der Waals surface area contributed by atoms with Crippen LogP contribution in [0, 0.1) is 13.8 Å². The van der Waals surface area contributed by atoms with E-state index < -0.39 is 5.25 Å². The van der Waals surface area contributed by atoms with Crippen LogP contribution in [0.5, 0.6) is 5.75 Å². The molecule has 0 saturated carbocycles. The van der Waals surface area contributed by atoms with Crippen LogP contribution in [0.3, 0.4) is 0 Å². The number of imidazole rings is 1. The van der Waals surface area contributed by atoms with Crippen molar-refractivity contribution < 1.29 is 9.53 Å². The molecule has 192 valence electrons. The van der Waals surface area contributed by atoms with Crippen molar-refractivity contribution in [3.8, 4) is 39.5 Å². The smallest absolute Gasteiger partial charge is 0.239 e. The Balaban J connectivity index is 1.35. The molecular formula is C30H28N4O2S2. The van der Waals surface area contributed by atoms with Gasteiger partial charge >= 0.3 is 0 Å². The van der Waals surface area contributed by atoms with Crippen molar-refractivity contribution in [1.29, 1.82) is 0 Å². The third-order valence-corrected chi connectivity index (χ3v) is 7.86. The minimum atomic E-state index is -0.392. The van der Waals surface area contributed by atoms with Gasteiger partial charge in [-0.3, -0.25) is 4.79 Å². The highest BCUT2D eigenvalue weighted by Gasteiger charge is 2.21. The Bertz CT molecular complexity index is 1490. The molecule has 5 rings (SSSR count). The lowest BCUT2D eigenvalue weighted by molar-refractivity contribution is -0.115. The van der Waals surface area contributed by atoms with E-state index in [-0.39, 0.29) is 5.91 Å².